The van der Waals surface area contributed by atoms with Gasteiger partial charge in [0.05, 0.1) is 11.5 Å². The fourth-order valence-corrected chi connectivity index (χ4v) is 1.72. The zero-order chi connectivity index (χ0) is 13.9. The summed E-state index contributed by atoms with van der Waals surface area (Å²) < 4.78 is 37.6. The number of carboxylic acids is 1. The molecule has 2 atom stereocenters. The molecule has 0 fully saturated rings. The number of carbonyl (C=O) groups is 1. The van der Waals surface area contributed by atoms with Crippen molar-refractivity contribution in [3.05, 3.63) is 35.4 Å². The van der Waals surface area contributed by atoms with Crippen LogP contribution in [0, 0.1) is 0 Å². The Morgan fingerprint density at radius 3 is 2.50 bits per heavy atom. The van der Waals surface area contributed by atoms with Gasteiger partial charge in [-0.25, -0.2) is 0 Å². The summed E-state index contributed by atoms with van der Waals surface area (Å²) in [6.07, 6.45) is -4.12. The molecule has 18 heavy (non-hydrogen) atoms. The third-order valence-corrected chi connectivity index (χ3v) is 2.74. The second-order valence-corrected chi connectivity index (χ2v) is 4.01. The molecule has 3 N–H and O–H groups in total. The molecular weight excluding hydrogens is 247 g/mol. The lowest BCUT2D eigenvalue weighted by molar-refractivity contribution is -0.140. The van der Waals surface area contributed by atoms with Crippen molar-refractivity contribution < 1.29 is 23.1 Å². The van der Waals surface area contributed by atoms with Gasteiger partial charge in [0.1, 0.15) is 0 Å². The molecule has 2 unspecified atom stereocenters. The summed E-state index contributed by atoms with van der Waals surface area (Å²) in [5.74, 6) is -2.35. The summed E-state index contributed by atoms with van der Waals surface area (Å²) in [5.41, 5.74) is 4.86. The zero-order valence-electron chi connectivity index (χ0n) is 9.74. The number of alkyl halides is 3. The van der Waals surface area contributed by atoms with Crippen LogP contribution in [0.15, 0.2) is 24.3 Å². The molecule has 1 rings (SSSR count). The van der Waals surface area contributed by atoms with E-state index in [9.17, 15) is 18.0 Å². The van der Waals surface area contributed by atoms with E-state index in [2.05, 4.69) is 0 Å². The molecule has 0 aliphatic heterocycles. The van der Waals surface area contributed by atoms with E-state index in [1.165, 1.54) is 12.1 Å². The Hall–Kier alpha value is -1.56. The van der Waals surface area contributed by atoms with Gasteiger partial charge in [0, 0.05) is 6.04 Å². The van der Waals surface area contributed by atoms with Crippen LogP contribution in [0.25, 0.3) is 0 Å². The Kier molecular flexibility index (Phi) is 4.34. The summed E-state index contributed by atoms with van der Waals surface area (Å²) >= 11 is 0. The van der Waals surface area contributed by atoms with Crippen LogP contribution in [0.1, 0.15) is 30.4 Å². The van der Waals surface area contributed by atoms with Crippen LogP contribution in [0.3, 0.4) is 0 Å². The number of nitrogens with two attached hydrogens (primary N) is 1. The Morgan fingerprint density at radius 1 is 1.44 bits per heavy atom. The van der Waals surface area contributed by atoms with Crippen LogP contribution < -0.4 is 5.73 Å². The average molecular weight is 261 g/mol. The van der Waals surface area contributed by atoms with Gasteiger partial charge in [-0.2, -0.15) is 13.2 Å². The summed E-state index contributed by atoms with van der Waals surface area (Å²) in [6, 6.07) is 3.57. The average Bonchev–Trinajstić information content (AvgIpc) is 2.27. The lowest BCUT2D eigenvalue weighted by Crippen LogP contribution is -2.33. The first-order valence-electron chi connectivity index (χ1n) is 5.43. The monoisotopic (exact) mass is 261 g/mol. The van der Waals surface area contributed by atoms with Crippen LogP contribution in [0.2, 0.25) is 0 Å². The minimum atomic E-state index is -4.49. The van der Waals surface area contributed by atoms with Gasteiger partial charge in [-0.15, -0.1) is 0 Å². The Labute approximate surface area is 102 Å². The fraction of sp³-hybridized carbons (Fsp3) is 0.417. The van der Waals surface area contributed by atoms with Crippen LogP contribution in [0.5, 0.6) is 0 Å². The molecule has 0 heterocycles. The molecule has 0 saturated carbocycles. The van der Waals surface area contributed by atoms with E-state index in [1.807, 2.05) is 0 Å². The number of benzene rings is 1. The van der Waals surface area contributed by atoms with E-state index in [0.29, 0.717) is 6.42 Å². The molecule has 6 heteroatoms. The molecular formula is C12H14F3NO2. The van der Waals surface area contributed by atoms with E-state index in [4.69, 9.17) is 10.8 Å². The lowest BCUT2D eigenvalue weighted by Gasteiger charge is -2.20. The van der Waals surface area contributed by atoms with Gasteiger partial charge in [0.2, 0.25) is 0 Å². The van der Waals surface area contributed by atoms with Gasteiger partial charge >= 0.3 is 12.1 Å². The Balaban J connectivity index is 3.18. The van der Waals surface area contributed by atoms with Gasteiger partial charge in [-0.3, -0.25) is 4.79 Å². The van der Waals surface area contributed by atoms with Crippen LogP contribution in [0.4, 0.5) is 13.2 Å². The fourth-order valence-electron chi connectivity index (χ4n) is 1.72. The maximum absolute atomic E-state index is 12.5. The summed E-state index contributed by atoms with van der Waals surface area (Å²) in [6.45, 7) is 1.69. The second kappa shape index (κ2) is 5.39. The number of rotatable bonds is 4. The first-order chi connectivity index (χ1) is 8.27. The Morgan fingerprint density at radius 2 is 2.06 bits per heavy atom. The SMILES string of the molecule is CCC(N)C(C(=O)O)c1cccc(C(F)(F)F)c1. The van der Waals surface area contributed by atoms with Crippen LogP contribution in [-0.4, -0.2) is 17.1 Å². The molecule has 1 aromatic rings. The van der Waals surface area contributed by atoms with Crippen LogP contribution in [-0.2, 0) is 11.0 Å². The lowest BCUT2D eigenvalue weighted by atomic mass is 9.89. The molecule has 100 valence electrons. The number of carboxylic acid groups (broad SMARTS) is 1. The van der Waals surface area contributed by atoms with Crippen molar-refractivity contribution in [1.82, 2.24) is 0 Å². The highest BCUT2D eigenvalue weighted by molar-refractivity contribution is 5.77. The summed E-state index contributed by atoms with van der Waals surface area (Å²) in [5, 5.41) is 9.06. The largest absolute Gasteiger partial charge is 0.481 e. The maximum atomic E-state index is 12.5. The van der Waals surface area contributed by atoms with Crippen molar-refractivity contribution in [1.29, 1.82) is 0 Å². The predicted molar refractivity (Wildman–Crippen MR) is 60.1 cm³/mol. The molecule has 0 spiro atoms. The minimum Gasteiger partial charge on any atom is -0.481 e. The maximum Gasteiger partial charge on any atom is 0.416 e. The highest BCUT2D eigenvalue weighted by atomic mass is 19.4. The third kappa shape index (κ3) is 3.22. The molecule has 0 aliphatic carbocycles. The second-order valence-electron chi connectivity index (χ2n) is 4.01. The number of hydrogen-bond donors (Lipinski definition) is 2. The van der Waals surface area contributed by atoms with Crippen molar-refractivity contribution >= 4 is 5.97 Å². The van der Waals surface area contributed by atoms with Crippen molar-refractivity contribution in [3.8, 4) is 0 Å². The smallest absolute Gasteiger partial charge is 0.416 e. The van der Waals surface area contributed by atoms with Crippen molar-refractivity contribution in [3.63, 3.8) is 0 Å². The molecule has 0 saturated heterocycles. The van der Waals surface area contributed by atoms with E-state index in [0.717, 1.165) is 12.1 Å². The minimum absolute atomic E-state index is 0.0756. The van der Waals surface area contributed by atoms with E-state index in [-0.39, 0.29) is 5.56 Å². The number of halogens is 3. The molecule has 3 nitrogen and oxygen atoms in total. The van der Waals surface area contributed by atoms with E-state index >= 15 is 0 Å². The molecule has 0 aromatic heterocycles. The quantitative estimate of drug-likeness (QED) is 0.875. The zero-order valence-corrected chi connectivity index (χ0v) is 9.74. The van der Waals surface area contributed by atoms with Gasteiger partial charge in [-0.1, -0.05) is 25.1 Å². The van der Waals surface area contributed by atoms with Crippen LogP contribution >= 0.6 is 0 Å². The van der Waals surface area contributed by atoms with Gasteiger partial charge < -0.3 is 10.8 Å². The molecule has 0 radical (unpaired) electrons. The van der Waals surface area contributed by atoms with Gasteiger partial charge in [0.15, 0.2) is 0 Å². The van der Waals surface area contributed by atoms with E-state index in [1.54, 1.807) is 6.92 Å². The van der Waals surface area contributed by atoms with E-state index < -0.39 is 29.7 Å². The standard InChI is InChI=1S/C12H14F3NO2/c1-2-9(16)10(11(17)18)7-4-3-5-8(6-7)12(13,14)15/h3-6,9-10H,2,16H2,1H3,(H,17,18). The van der Waals surface area contributed by atoms with Crippen molar-refractivity contribution in [2.24, 2.45) is 5.73 Å². The molecule has 0 aliphatic rings. The predicted octanol–water partition coefficient (Wildman–Crippen LogP) is 2.61. The highest BCUT2D eigenvalue weighted by Crippen LogP contribution is 2.32. The normalized spacial score (nSPS) is 15.2. The third-order valence-electron chi connectivity index (χ3n) is 2.74. The molecule has 1 aromatic carbocycles. The highest BCUT2D eigenvalue weighted by Gasteiger charge is 2.33. The first kappa shape index (κ1) is 14.5. The number of aliphatic carboxylic acids is 1. The number of hydrogen-bond acceptors (Lipinski definition) is 2. The van der Waals surface area contributed by atoms with Crippen molar-refractivity contribution in [2.45, 2.75) is 31.5 Å². The molecule has 0 amide bonds. The Bertz CT molecular complexity index is 432. The first-order valence-corrected chi connectivity index (χ1v) is 5.43. The summed E-state index contributed by atoms with van der Waals surface area (Å²) in [7, 11) is 0. The van der Waals surface area contributed by atoms with Gasteiger partial charge in [0.25, 0.3) is 0 Å². The van der Waals surface area contributed by atoms with Gasteiger partial charge in [-0.05, 0) is 18.1 Å². The summed E-state index contributed by atoms with van der Waals surface area (Å²) in [4.78, 5) is 11.1. The topological polar surface area (TPSA) is 63.3 Å². The van der Waals surface area contributed by atoms with Crippen molar-refractivity contribution in [2.75, 3.05) is 0 Å². The molecule has 0 bridgehead atoms.